The van der Waals surface area contributed by atoms with Crippen molar-refractivity contribution >= 4 is 22.6 Å². The third-order valence-electron chi connectivity index (χ3n) is 4.83. The van der Waals surface area contributed by atoms with Crippen molar-refractivity contribution in [1.29, 1.82) is 0 Å². The summed E-state index contributed by atoms with van der Waals surface area (Å²) < 4.78 is 1.92. The van der Waals surface area contributed by atoms with Crippen molar-refractivity contribution in [3.63, 3.8) is 0 Å². The molecule has 7 heteroatoms. The van der Waals surface area contributed by atoms with Crippen LogP contribution in [0.5, 0.6) is 0 Å². The van der Waals surface area contributed by atoms with Gasteiger partial charge in [-0.05, 0) is 23.8 Å². The summed E-state index contributed by atoms with van der Waals surface area (Å²) in [7, 11) is 1.89. The summed E-state index contributed by atoms with van der Waals surface area (Å²) in [5.41, 5.74) is 2.35. The van der Waals surface area contributed by atoms with Crippen LogP contribution in [-0.4, -0.2) is 20.4 Å². The number of hydrogen-bond acceptors (Lipinski definition) is 4. The molecule has 0 radical (unpaired) electrons. The van der Waals surface area contributed by atoms with E-state index in [1.54, 1.807) is 6.07 Å². The van der Waals surface area contributed by atoms with E-state index in [0.717, 1.165) is 16.6 Å². The molecule has 1 heterocycles. The van der Waals surface area contributed by atoms with Gasteiger partial charge < -0.3 is 9.88 Å². The zero-order valence-electron chi connectivity index (χ0n) is 15.6. The number of aryl methyl sites for hydroxylation is 1. The number of carbonyl (C=O) groups is 1. The maximum Gasteiger partial charge on any atom is 0.282 e. The number of carbonyl (C=O) groups excluding carboxylic acids is 1. The van der Waals surface area contributed by atoms with Crippen LogP contribution in [0.4, 0.5) is 5.69 Å². The van der Waals surface area contributed by atoms with Gasteiger partial charge >= 0.3 is 0 Å². The molecule has 1 N–H and O–H groups in total. The highest BCUT2D eigenvalue weighted by molar-refractivity contribution is 5.98. The molecular weight excluding hydrogens is 368 g/mol. The number of nitrogens with zero attached hydrogens (tertiary/aromatic N) is 3. The number of nitro benzene ring substituents is 1. The fourth-order valence-corrected chi connectivity index (χ4v) is 3.40. The average molecular weight is 386 g/mol. The second kappa shape index (κ2) is 7.55. The first-order chi connectivity index (χ1) is 14.1. The number of nitrogens with one attached hydrogen (secondary N) is 1. The largest absolute Gasteiger partial charge is 0.338 e. The van der Waals surface area contributed by atoms with Gasteiger partial charge in [0, 0.05) is 13.1 Å². The van der Waals surface area contributed by atoms with Gasteiger partial charge in [0.2, 0.25) is 0 Å². The van der Waals surface area contributed by atoms with Crippen molar-refractivity contribution in [3.8, 4) is 0 Å². The van der Waals surface area contributed by atoms with Crippen molar-refractivity contribution in [2.75, 3.05) is 0 Å². The summed E-state index contributed by atoms with van der Waals surface area (Å²) in [6.07, 6.45) is 0. The molecule has 0 aliphatic carbocycles. The standard InChI is InChI=1S/C22H18N4O3/c1-25-19-14-8-6-12-17(19)23-21(25)20(15-9-3-2-4-10-15)24-22(27)16-11-5-7-13-18(16)26(28)29/h2-14,20H,1H3,(H,24,27). The topological polar surface area (TPSA) is 90.1 Å². The Labute approximate surface area is 166 Å². The highest BCUT2D eigenvalue weighted by Gasteiger charge is 2.26. The maximum absolute atomic E-state index is 13.0. The number of hydrogen-bond donors (Lipinski definition) is 1. The van der Waals surface area contributed by atoms with Crippen LogP contribution in [0.15, 0.2) is 78.9 Å². The Morgan fingerprint density at radius 1 is 1.00 bits per heavy atom. The predicted molar refractivity (Wildman–Crippen MR) is 110 cm³/mol. The Morgan fingerprint density at radius 2 is 1.66 bits per heavy atom. The molecule has 1 amide bonds. The number of fused-ring (bicyclic) bond motifs is 1. The van der Waals surface area contributed by atoms with Gasteiger partial charge in [-0.25, -0.2) is 4.98 Å². The van der Waals surface area contributed by atoms with Gasteiger partial charge in [0.05, 0.1) is 16.0 Å². The van der Waals surface area contributed by atoms with E-state index >= 15 is 0 Å². The van der Waals surface area contributed by atoms with Crippen LogP contribution in [0, 0.1) is 10.1 Å². The minimum Gasteiger partial charge on any atom is -0.338 e. The highest BCUT2D eigenvalue weighted by atomic mass is 16.6. The molecule has 4 aromatic rings. The van der Waals surface area contributed by atoms with E-state index < -0.39 is 16.9 Å². The third-order valence-corrected chi connectivity index (χ3v) is 4.83. The van der Waals surface area contributed by atoms with E-state index in [4.69, 9.17) is 4.98 Å². The quantitative estimate of drug-likeness (QED) is 0.415. The number of para-hydroxylation sites is 3. The number of benzene rings is 3. The normalized spacial score (nSPS) is 11.9. The Hall–Kier alpha value is -4.00. The molecule has 7 nitrogen and oxygen atoms in total. The second-order valence-corrected chi connectivity index (χ2v) is 6.61. The van der Waals surface area contributed by atoms with Gasteiger partial charge in [0.25, 0.3) is 11.6 Å². The molecule has 0 fully saturated rings. The first-order valence-corrected chi connectivity index (χ1v) is 9.07. The molecule has 0 aliphatic heterocycles. The van der Waals surface area contributed by atoms with Gasteiger partial charge in [0.1, 0.15) is 17.4 Å². The highest BCUT2D eigenvalue weighted by Crippen LogP contribution is 2.26. The monoisotopic (exact) mass is 386 g/mol. The predicted octanol–water partition coefficient (Wildman–Crippen LogP) is 4.00. The van der Waals surface area contributed by atoms with Crippen LogP contribution in [0.25, 0.3) is 11.0 Å². The summed E-state index contributed by atoms with van der Waals surface area (Å²) in [5, 5.41) is 14.3. The molecule has 1 atom stereocenters. The number of imidazole rings is 1. The van der Waals surface area contributed by atoms with Crippen LogP contribution >= 0.6 is 0 Å². The first kappa shape index (κ1) is 18.4. The van der Waals surface area contributed by atoms with E-state index in [1.165, 1.54) is 18.2 Å². The Bertz CT molecular complexity index is 1200. The lowest BCUT2D eigenvalue weighted by Gasteiger charge is -2.19. The number of nitro groups is 1. The van der Waals surface area contributed by atoms with E-state index in [0.29, 0.717) is 5.82 Å². The molecular formula is C22H18N4O3. The summed E-state index contributed by atoms with van der Waals surface area (Å²) in [6.45, 7) is 0. The first-order valence-electron chi connectivity index (χ1n) is 9.07. The zero-order valence-corrected chi connectivity index (χ0v) is 15.6. The lowest BCUT2D eigenvalue weighted by molar-refractivity contribution is -0.385. The van der Waals surface area contributed by atoms with Gasteiger partial charge in [0.15, 0.2) is 0 Å². The van der Waals surface area contributed by atoms with Gasteiger partial charge in [-0.1, -0.05) is 54.6 Å². The van der Waals surface area contributed by atoms with Crippen LogP contribution in [0.1, 0.15) is 27.8 Å². The van der Waals surface area contributed by atoms with Crippen LogP contribution < -0.4 is 5.32 Å². The number of amides is 1. The van der Waals surface area contributed by atoms with E-state index in [1.807, 2.05) is 66.2 Å². The molecule has 3 aromatic carbocycles. The molecule has 0 saturated heterocycles. The number of aromatic nitrogens is 2. The molecule has 1 unspecified atom stereocenters. The van der Waals surface area contributed by atoms with Gasteiger partial charge in [-0.15, -0.1) is 0 Å². The lowest BCUT2D eigenvalue weighted by atomic mass is 10.0. The molecule has 0 spiro atoms. The third kappa shape index (κ3) is 3.45. The maximum atomic E-state index is 13.0. The summed E-state index contributed by atoms with van der Waals surface area (Å²) in [5.74, 6) is 0.113. The molecule has 0 saturated carbocycles. The van der Waals surface area contributed by atoms with Crippen molar-refractivity contribution < 1.29 is 9.72 Å². The van der Waals surface area contributed by atoms with E-state index in [-0.39, 0.29) is 11.3 Å². The lowest BCUT2D eigenvalue weighted by Crippen LogP contribution is -2.31. The van der Waals surface area contributed by atoms with E-state index in [9.17, 15) is 14.9 Å². The van der Waals surface area contributed by atoms with Crippen LogP contribution in [0.3, 0.4) is 0 Å². The SMILES string of the molecule is Cn1c(C(NC(=O)c2ccccc2[N+](=O)[O-])c2ccccc2)nc2ccccc21. The van der Waals surface area contributed by atoms with Crippen molar-refractivity contribution in [3.05, 3.63) is 106 Å². The molecule has 4 rings (SSSR count). The molecule has 0 bridgehead atoms. The molecule has 144 valence electrons. The Balaban J connectivity index is 1.79. The Kier molecular flexibility index (Phi) is 4.78. The van der Waals surface area contributed by atoms with Crippen LogP contribution in [-0.2, 0) is 7.05 Å². The number of rotatable bonds is 5. The summed E-state index contributed by atoms with van der Waals surface area (Å²) in [4.78, 5) is 28.5. The Morgan fingerprint density at radius 3 is 2.38 bits per heavy atom. The van der Waals surface area contributed by atoms with Crippen molar-refractivity contribution in [2.24, 2.45) is 7.05 Å². The zero-order chi connectivity index (χ0) is 20.4. The fourth-order valence-electron chi connectivity index (χ4n) is 3.40. The molecule has 29 heavy (non-hydrogen) atoms. The minimum absolute atomic E-state index is 0.0113. The summed E-state index contributed by atoms with van der Waals surface area (Å²) >= 11 is 0. The molecule has 1 aromatic heterocycles. The van der Waals surface area contributed by atoms with Crippen molar-refractivity contribution in [2.45, 2.75) is 6.04 Å². The smallest absolute Gasteiger partial charge is 0.282 e. The average Bonchev–Trinajstić information content (AvgIpc) is 3.09. The molecule has 0 aliphatic rings. The second-order valence-electron chi connectivity index (χ2n) is 6.61. The van der Waals surface area contributed by atoms with Gasteiger partial charge in [-0.2, -0.15) is 0 Å². The van der Waals surface area contributed by atoms with Crippen LogP contribution in [0.2, 0.25) is 0 Å². The van der Waals surface area contributed by atoms with Crippen molar-refractivity contribution in [1.82, 2.24) is 14.9 Å². The van der Waals surface area contributed by atoms with E-state index in [2.05, 4.69) is 5.32 Å². The fraction of sp³-hybridized carbons (Fsp3) is 0.0909. The van der Waals surface area contributed by atoms with Gasteiger partial charge in [-0.3, -0.25) is 14.9 Å². The minimum atomic E-state index is -0.569. The summed E-state index contributed by atoms with van der Waals surface area (Å²) in [6, 6.07) is 22.5.